The van der Waals surface area contributed by atoms with Crippen molar-refractivity contribution in [2.24, 2.45) is 0 Å². The zero-order valence-corrected chi connectivity index (χ0v) is 13.9. The second kappa shape index (κ2) is 6.96. The van der Waals surface area contributed by atoms with Crippen LogP contribution in [0.1, 0.15) is 5.56 Å². The summed E-state index contributed by atoms with van der Waals surface area (Å²) < 4.78 is 51.0. The van der Waals surface area contributed by atoms with Gasteiger partial charge in [-0.15, -0.1) is 0 Å². The summed E-state index contributed by atoms with van der Waals surface area (Å²) in [5.41, 5.74) is 1.10. The monoisotopic (exact) mass is 354 g/mol. The molecule has 2 aromatic rings. The Morgan fingerprint density at radius 1 is 1.12 bits per heavy atom. The molecule has 0 aliphatic carbocycles. The molecule has 0 aliphatic rings. The lowest BCUT2D eigenvalue weighted by Crippen LogP contribution is -2.37. The summed E-state index contributed by atoms with van der Waals surface area (Å²) in [6.07, 6.45) is 0.990. The maximum Gasteiger partial charge on any atom is 0.245 e. The van der Waals surface area contributed by atoms with Crippen molar-refractivity contribution >= 4 is 27.3 Å². The Kier molecular flexibility index (Phi) is 5.18. The van der Waals surface area contributed by atoms with E-state index in [1.807, 2.05) is 0 Å². The first-order valence-electron chi connectivity index (χ1n) is 6.97. The van der Waals surface area contributed by atoms with Gasteiger partial charge in [-0.1, -0.05) is 18.2 Å². The second-order valence-corrected chi connectivity index (χ2v) is 7.14. The van der Waals surface area contributed by atoms with E-state index < -0.39 is 34.1 Å². The number of carbonyl (C=O) groups is 1. The van der Waals surface area contributed by atoms with Crippen molar-refractivity contribution in [3.8, 4) is 0 Å². The van der Waals surface area contributed by atoms with E-state index in [4.69, 9.17) is 0 Å². The van der Waals surface area contributed by atoms with Crippen LogP contribution < -0.4 is 9.62 Å². The quantitative estimate of drug-likeness (QED) is 0.898. The zero-order valence-electron chi connectivity index (χ0n) is 13.1. The SMILES string of the molecule is Cc1ccccc1N(CC(=O)Nc1ccc(F)c(F)c1)S(C)(=O)=O. The van der Waals surface area contributed by atoms with Crippen LogP contribution in [0, 0.1) is 18.6 Å². The van der Waals surface area contributed by atoms with Gasteiger partial charge in [0.1, 0.15) is 6.54 Å². The first kappa shape index (κ1) is 17.9. The molecule has 0 saturated heterocycles. The highest BCUT2D eigenvalue weighted by Crippen LogP contribution is 2.22. The third-order valence-corrected chi connectivity index (χ3v) is 4.40. The van der Waals surface area contributed by atoms with Crippen LogP contribution in [-0.4, -0.2) is 27.1 Å². The summed E-state index contributed by atoms with van der Waals surface area (Å²) in [5.74, 6) is -2.81. The van der Waals surface area contributed by atoms with Crippen LogP contribution in [0.15, 0.2) is 42.5 Å². The molecule has 0 atom stereocenters. The second-order valence-electron chi connectivity index (χ2n) is 5.23. The molecule has 0 unspecified atom stereocenters. The maximum absolute atomic E-state index is 13.2. The number of para-hydroxylation sites is 1. The van der Waals surface area contributed by atoms with Gasteiger partial charge >= 0.3 is 0 Å². The Balaban J connectivity index is 2.22. The number of anilines is 2. The van der Waals surface area contributed by atoms with Gasteiger partial charge in [-0.05, 0) is 30.7 Å². The zero-order chi connectivity index (χ0) is 17.9. The molecular weight excluding hydrogens is 338 g/mol. The normalized spacial score (nSPS) is 11.2. The van der Waals surface area contributed by atoms with Gasteiger partial charge in [0.05, 0.1) is 11.9 Å². The molecule has 2 rings (SSSR count). The lowest BCUT2D eigenvalue weighted by atomic mass is 10.2. The van der Waals surface area contributed by atoms with Crippen LogP contribution in [0.25, 0.3) is 0 Å². The van der Waals surface area contributed by atoms with E-state index >= 15 is 0 Å². The van der Waals surface area contributed by atoms with Gasteiger partial charge in [0.15, 0.2) is 11.6 Å². The van der Waals surface area contributed by atoms with E-state index in [0.29, 0.717) is 11.3 Å². The predicted octanol–water partition coefficient (Wildman–Crippen LogP) is 2.68. The van der Waals surface area contributed by atoms with Crippen LogP contribution in [-0.2, 0) is 14.8 Å². The van der Waals surface area contributed by atoms with Gasteiger partial charge in [0.2, 0.25) is 15.9 Å². The number of halogens is 2. The van der Waals surface area contributed by atoms with Gasteiger partial charge in [-0.2, -0.15) is 0 Å². The molecule has 0 bridgehead atoms. The third-order valence-electron chi connectivity index (χ3n) is 3.28. The molecule has 0 spiro atoms. The van der Waals surface area contributed by atoms with Crippen LogP contribution in [0.2, 0.25) is 0 Å². The fourth-order valence-corrected chi connectivity index (χ4v) is 3.04. The summed E-state index contributed by atoms with van der Waals surface area (Å²) in [4.78, 5) is 12.1. The van der Waals surface area contributed by atoms with E-state index in [0.717, 1.165) is 22.7 Å². The Morgan fingerprint density at radius 2 is 1.79 bits per heavy atom. The highest BCUT2D eigenvalue weighted by atomic mass is 32.2. The summed E-state index contributed by atoms with van der Waals surface area (Å²) >= 11 is 0. The molecule has 0 heterocycles. The van der Waals surface area contributed by atoms with E-state index in [9.17, 15) is 22.0 Å². The number of sulfonamides is 1. The molecule has 1 amide bonds. The summed E-state index contributed by atoms with van der Waals surface area (Å²) in [6, 6.07) is 9.61. The number of hydrogen-bond donors (Lipinski definition) is 1. The topological polar surface area (TPSA) is 66.5 Å². The predicted molar refractivity (Wildman–Crippen MR) is 88.4 cm³/mol. The van der Waals surface area contributed by atoms with Gasteiger partial charge in [0.25, 0.3) is 0 Å². The largest absolute Gasteiger partial charge is 0.324 e. The Labute approximate surface area is 139 Å². The average molecular weight is 354 g/mol. The molecule has 0 aromatic heterocycles. The highest BCUT2D eigenvalue weighted by Gasteiger charge is 2.22. The number of amides is 1. The van der Waals surface area contributed by atoms with Gasteiger partial charge in [-0.3, -0.25) is 9.10 Å². The minimum Gasteiger partial charge on any atom is -0.324 e. The van der Waals surface area contributed by atoms with Crippen molar-refractivity contribution in [2.75, 3.05) is 22.4 Å². The number of nitrogens with zero attached hydrogens (tertiary/aromatic N) is 1. The minimum atomic E-state index is -3.70. The van der Waals surface area contributed by atoms with Crippen molar-refractivity contribution in [3.63, 3.8) is 0 Å². The van der Waals surface area contributed by atoms with Crippen molar-refractivity contribution in [1.29, 1.82) is 0 Å². The molecule has 24 heavy (non-hydrogen) atoms. The molecule has 2 aromatic carbocycles. The standard InChI is InChI=1S/C16H16F2N2O3S/c1-11-5-3-4-6-15(11)20(24(2,22)23)10-16(21)19-12-7-8-13(17)14(18)9-12/h3-9H,10H2,1-2H3,(H,19,21). The highest BCUT2D eigenvalue weighted by molar-refractivity contribution is 7.92. The Hall–Kier alpha value is -2.48. The average Bonchev–Trinajstić information content (AvgIpc) is 2.48. The Bertz CT molecular complexity index is 869. The number of rotatable bonds is 5. The third kappa shape index (κ3) is 4.29. The van der Waals surface area contributed by atoms with Crippen LogP contribution in [0.5, 0.6) is 0 Å². The minimum absolute atomic E-state index is 0.0390. The van der Waals surface area contributed by atoms with Crippen LogP contribution in [0.3, 0.4) is 0 Å². The van der Waals surface area contributed by atoms with Gasteiger partial charge in [0, 0.05) is 11.8 Å². The van der Waals surface area contributed by atoms with Crippen molar-refractivity contribution < 1.29 is 22.0 Å². The fourth-order valence-electron chi connectivity index (χ4n) is 2.13. The molecule has 8 heteroatoms. The number of hydrogen-bond acceptors (Lipinski definition) is 3. The molecular formula is C16H16F2N2O3S. The number of aryl methyl sites for hydroxylation is 1. The Morgan fingerprint density at radius 3 is 2.38 bits per heavy atom. The molecule has 1 N–H and O–H groups in total. The van der Waals surface area contributed by atoms with E-state index in [2.05, 4.69) is 5.32 Å². The summed E-state index contributed by atoms with van der Waals surface area (Å²) in [7, 11) is -3.70. The molecule has 0 aliphatic heterocycles. The van der Waals surface area contributed by atoms with Crippen molar-refractivity contribution in [2.45, 2.75) is 6.92 Å². The van der Waals surface area contributed by atoms with Crippen molar-refractivity contribution in [3.05, 3.63) is 59.7 Å². The van der Waals surface area contributed by atoms with Crippen LogP contribution >= 0.6 is 0 Å². The summed E-state index contributed by atoms with van der Waals surface area (Å²) in [6.45, 7) is 1.24. The molecule has 0 radical (unpaired) electrons. The number of nitrogens with one attached hydrogen (secondary N) is 1. The van der Waals surface area contributed by atoms with Gasteiger partial charge < -0.3 is 5.32 Å². The molecule has 0 fully saturated rings. The van der Waals surface area contributed by atoms with E-state index in [-0.39, 0.29) is 5.69 Å². The molecule has 128 valence electrons. The fraction of sp³-hybridized carbons (Fsp3) is 0.188. The number of benzene rings is 2. The molecule has 5 nitrogen and oxygen atoms in total. The number of carbonyl (C=O) groups excluding carboxylic acids is 1. The smallest absolute Gasteiger partial charge is 0.245 e. The first-order chi connectivity index (χ1) is 11.2. The van der Waals surface area contributed by atoms with Crippen LogP contribution in [0.4, 0.5) is 20.2 Å². The van der Waals surface area contributed by atoms with Gasteiger partial charge in [-0.25, -0.2) is 17.2 Å². The first-order valence-corrected chi connectivity index (χ1v) is 8.81. The maximum atomic E-state index is 13.2. The lowest BCUT2D eigenvalue weighted by molar-refractivity contribution is -0.114. The lowest BCUT2D eigenvalue weighted by Gasteiger charge is -2.23. The van der Waals surface area contributed by atoms with E-state index in [1.165, 1.54) is 6.07 Å². The van der Waals surface area contributed by atoms with E-state index in [1.54, 1.807) is 31.2 Å². The summed E-state index contributed by atoms with van der Waals surface area (Å²) in [5, 5.41) is 2.35. The van der Waals surface area contributed by atoms with Crippen molar-refractivity contribution in [1.82, 2.24) is 0 Å². The molecule has 0 saturated carbocycles.